The predicted molar refractivity (Wildman–Crippen MR) is 208 cm³/mol. The lowest BCUT2D eigenvalue weighted by atomic mass is 10.1. The van der Waals surface area contributed by atoms with Crippen molar-refractivity contribution in [3.8, 4) is 0 Å². The summed E-state index contributed by atoms with van der Waals surface area (Å²) in [5.74, 6) is 0.333. The molecular formula is C36H45ClN2O4S4. The van der Waals surface area contributed by atoms with Gasteiger partial charge < -0.3 is 24.8 Å². The maximum atomic E-state index is 12.5. The Hall–Kier alpha value is -2.31. The number of nitrogens with two attached hydrogens (primary N) is 1. The van der Waals surface area contributed by atoms with Gasteiger partial charge >= 0.3 is 5.97 Å². The summed E-state index contributed by atoms with van der Waals surface area (Å²) in [4.78, 5) is 17.7. The topological polar surface area (TPSA) is 74.0 Å². The molecule has 3 aromatic heterocycles. The predicted octanol–water partition coefficient (Wildman–Crippen LogP) is 10.3. The molecule has 254 valence electrons. The minimum Gasteiger partial charge on any atom is -0.464 e. The van der Waals surface area contributed by atoms with Gasteiger partial charge in [-0.1, -0.05) is 69.0 Å². The number of esters is 1. The molecule has 0 radical (unpaired) electrons. The van der Waals surface area contributed by atoms with Crippen molar-refractivity contribution < 1.29 is 19.0 Å². The number of thiophene rings is 3. The van der Waals surface area contributed by atoms with Crippen molar-refractivity contribution in [1.82, 2.24) is 0 Å². The maximum absolute atomic E-state index is 12.5. The fourth-order valence-electron chi connectivity index (χ4n) is 4.66. The van der Waals surface area contributed by atoms with Crippen LogP contribution in [-0.2, 0) is 19.0 Å². The summed E-state index contributed by atoms with van der Waals surface area (Å²) in [5.41, 5.74) is 8.18. The monoisotopic (exact) mass is 732 g/mol. The highest BCUT2D eigenvalue weighted by Crippen LogP contribution is 2.46. The van der Waals surface area contributed by atoms with E-state index in [1.807, 2.05) is 44.3 Å². The number of carbonyl (C=O) groups is 1. The van der Waals surface area contributed by atoms with Gasteiger partial charge in [0, 0.05) is 55.9 Å². The summed E-state index contributed by atoms with van der Waals surface area (Å²) >= 11 is 12.6. The first kappa shape index (κ1) is 37.5. The first-order valence-electron chi connectivity index (χ1n) is 15.9. The Morgan fingerprint density at radius 2 is 1.72 bits per heavy atom. The highest BCUT2D eigenvalue weighted by atomic mass is 35.5. The quantitative estimate of drug-likeness (QED) is 0.0283. The molecular weight excluding hydrogens is 688 g/mol. The van der Waals surface area contributed by atoms with Crippen molar-refractivity contribution in [1.29, 1.82) is 0 Å². The first-order chi connectivity index (χ1) is 22.8. The third-order valence-corrected chi connectivity index (χ3v) is 12.7. The Morgan fingerprint density at radius 1 is 1.00 bits per heavy atom. The van der Waals surface area contributed by atoms with Crippen LogP contribution >= 0.6 is 57.4 Å². The molecule has 0 aliphatic heterocycles. The zero-order valence-corrected chi connectivity index (χ0v) is 31.3. The number of halogens is 1. The number of fused-ring (bicyclic) bond motifs is 3. The SMILES string of the molecule is C=Cc1ccccc1SC(=C)/C(N)=C/c1cc2sc3cc(N(C)CCOC(=O)C(C)CCOCCOCCCCCCCl)sc3c2s1. The van der Waals surface area contributed by atoms with Crippen LogP contribution in [0.25, 0.3) is 31.0 Å². The second-order valence-electron chi connectivity index (χ2n) is 11.2. The Kier molecular flexibility index (Phi) is 15.7. The molecule has 0 fully saturated rings. The van der Waals surface area contributed by atoms with E-state index in [-0.39, 0.29) is 11.9 Å². The van der Waals surface area contributed by atoms with E-state index >= 15 is 0 Å². The normalized spacial score (nSPS) is 12.5. The van der Waals surface area contributed by atoms with Crippen molar-refractivity contribution in [2.24, 2.45) is 11.7 Å². The van der Waals surface area contributed by atoms with Gasteiger partial charge in [-0.15, -0.1) is 45.6 Å². The van der Waals surface area contributed by atoms with Crippen LogP contribution < -0.4 is 10.6 Å². The molecule has 0 bridgehead atoms. The van der Waals surface area contributed by atoms with Crippen LogP contribution in [-0.4, -0.2) is 58.5 Å². The molecule has 2 N–H and O–H groups in total. The number of alkyl halides is 1. The fourth-order valence-corrected chi connectivity index (χ4v) is 9.67. The number of carbonyl (C=O) groups excluding carboxylic acids is 1. The standard InChI is InChI=1S/C36H45ClN2O4S4/c1-5-27-12-8-9-13-30(27)44-26(3)29(38)22-28-23-31-34(45-28)35-32(46-31)24-33(47-35)39(4)16-19-43-36(40)25(2)14-18-42-21-20-41-17-11-7-6-10-15-37/h5,8-9,12-13,22-25H,1,3,6-7,10-11,14-21,38H2,2,4H3/b29-22-. The molecule has 47 heavy (non-hydrogen) atoms. The minimum absolute atomic E-state index is 0.187. The second kappa shape index (κ2) is 19.6. The molecule has 0 saturated carbocycles. The van der Waals surface area contributed by atoms with Gasteiger partial charge in [-0.2, -0.15) is 0 Å². The van der Waals surface area contributed by atoms with Crippen LogP contribution in [0.1, 0.15) is 49.5 Å². The molecule has 0 saturated heterocycles. The molecule has 4 rings (SSSR count). The Morgan fingerprint density at radius 3 is 2.51 bits per heavy atom. The highest BCUT2D eigenvalue weighted by Gasteiger charge is 2.17. The second-order valence-corrected chi connectivity index (χ2v) is 15.9. The molecule has 0 aliphatic rings. The molecule has 1 unspecified atom stereocenters. The largest absolute Gasteiger partial charge is 0.464 e. The van der Waals surface area contributed by atoms with E-state index in [4.69, 9.17) is 31.5 Å². The Balaban J connectivity index is 1.19. The average molecular weight is 733 g/mol. The fraction of sp³-hybridized carbons (Fsp3) is 0.417. The lowest BCUT2D eigenvalue weighted by molar-refractivity contribution is -0.148. The minimum atomic E-state index is -0.210. The van der Waals surface area contributed by atoms with Gasteiger partial charge in [-0.25, -0.2) is 0 Å². The summed E-state index contributed by atoms with van der Waals surface area (Å²) in [7, 11) is 2.04. The van der Waals surface area contributed by atoms with Gasteiger partial charge in [0.2, 0.25) is 0 Å². The van der Waals surface area contributed by atoms with Gasteiger partial charge in [0.1, 0.15) is 6.61 Å². The average Bonchev–Trinajstić information content (AvgIpc) is 3.74. The first-order valence-corrected chi connectivity index (χ1v) is 19.7. The van der Waals surface area contributed by atoms with Crippen LogP contribution in [0.4, 0.5) is 5.00 Å². The summed E-state index contributed by atoms with van der Waals surface area (Å²) in [5, 5.41) is 1.15. The number of nitrogens with zero attached hydrogens (tertiary/aromatic N) is 1. The number of anilines is 1. The van der Waals surface area contributed by atoms with E-state index in [0.717, 1.165) is 63.4 Å². The van der Waals surface area contributed by atoms with E-state index in [1.54, 1.807) is 45.8 Å². The van der Waals surface area contributed by atoms with E-state index in [2.05, 4.69) is 36.3 Å². The lowest BCUT2D eigenvalue weighted by Gasteiger charge is -2.18. The molecule has 3 heterocycles. The number of benzene rings is 1. The smallest absolute Gasteiger partial charge is 0.308 e. The van der Waals surface area contributed by atoms with Gasteiger partial charge in [0.05, 0.1) is 40.1 Å². The maximum Gasteiger partial charge on any atom is 0.308 e. The molecule has 11 heteroatoms. The Bertz CT molecular complexity index is 1640. The van der Waals surface area contributed by atoms with Crippen LogP contribution in [0.2, 0.25) is 0 Å². The van der Waals surface area contributed by atoms with Crippen LogP contribution in [0, 0.1) is 5.92 Å². The van der Waals surface area contributed by atoms with E-state index in [1.165, 1.54) is 18.8 Å². The van der Waals surface area contributed by atoms with Crippen LogP contribution in [0.15, 0.2) is 65.1 Å². The van der Waals surface area contributed by atoms with Gasteiger partial charge in [0.15, 0.2) is 0 Å². The summed E-state index contributed by atoms with van der Waals surface area (Å²) < 4.78 is 21.9. The lowest BCUT2D eigenvalue weighted by Crippen LogP contribution is -2.25. The highest BCUT2D eigenvalue weighted by molar-refractivity contribution is 8.03. The number of thioether (sulfide) groups is 1. The number of hydrogen-bond acceptors (Lipinski definition) is 10. The van der Waals surface area contributed by atoms with Crippen molar-refractivity contribution in [2.45, 2.75) is 43.9 Å². The van der Waals surface area contributed by atoms with Gasteiger partial charge in [0.25, 0.3) is 0 Å². The van der Waals surface area contributed by atoms with Crippen molar-refractivity contribution >= 4 is 99.3 Å². The molecule has 0 aliphatic carbocycles. The molecule has 0 spiro atoms. The van der Waals surface area contributed by atoms with Gasteiger partial charge in [-0.05, 0) is 49.1 Å². The molecule has 4 aromatic rings. The number of likely N-dealkylation sites (N-methyl/N-ethyl adjacent to an activating group) is 1. The number of unbranched alkanes of at least 4 members (excludes halogenated alkanes) is 3. The zero-order chi connectivity index (χ0) is 33.6. The van der Waals surface area contributed by atoms with Crippen molar-refractivity contribution in [2.75, 3.05) is 57.4 Å². The third kappa shape index (κ3) is 11.4. The van der Waals surface area contributed by atoms with Crippen molar-refractivity contribution in [3.05, 3.63) is 70.6 Å². The number of hydrogen-bond donors (Lipinski definition) is 1. The van der Waals surface area contributed by atoms with Crippen molar-refractivity contribution in [3.63, 3.8) is 0 Å². The third-order valence-electron chi connectivity index (χ3n) is 7.51. The van der Waals surface area contributed by atoms with E-state index in [0.29, 0.717) is 45.1 Å². The Labute approximate surface area is 300 Å². The number of rotatable bonds is 22. The molecule has 0 amide bonds. The summed E-state index contributed by atoms with van der Waals surface area (Å²) in [6, 6.07) is 12.5. The summed E-state index contributed by atoms with van der Waals surface area (Å²) in [6.07, 6.45) is 8.91. The molecule has 1 aromatic carbocycles. The van der Waals surface area contributed by atoms with Crippen LogP contribution in [0.3, 0.4) is 0 Å². The van der Waals surface area contributed by atoms with E-state index < -0.39 is 0 Å². The zero-order valence-electron chi connectivity index (χ0n) is 27.3. The molecule has 6 nitrogen and oxygen atoms in total. The van der Waals surface area contributed by atoms with Gasteiger partial charge in [-0.3, -0.25) is 4.79 Å². The van der Waals surface area contributed by atoms with Crippen LogP contribution in [0.5, 0.6) is 0 Å². The van der Waals surface area contributed by atoms with E-state index in [9.17, 15) is 4.79 Å². The molecule has 1 atom stereocenters. The number of ether oxygens (including phenoxy) is 3. The summed E-state index contributed by atoms with van der Waals surface area (Å²) in [6.45, 7) is 13.4.